The largest absolute Gasteiger partial charge is 0.489 e. The van der Waals surface area contributed by atoms with Gasteiger partial charge >= 0.3 is 0 Å². The van der Waals surface area contributed by atoms with Crippen molar-refractivity contribution in [3.8, 4) is 5.75 Å². The Kier molecular flexibility index (Phi) is 4.53. The van der Waals surface area contributed by atoms with Crippen LogP contribution < -0.4 is 4.74 Å². The lowest BCUT2D eigenvalue weighted by Crippen LogP contribution is -1.95. The first-order valence-corrected chi connectivity index (χ1v) is 6.16. The smallest absolute Gasteiger partial charge is 0.119 e. The molecular weight excluding hydrogens is 285 g/mol. The number of azide groups is 1. The molecule has 96 valence electrons. The fraction of sp³-hybridized carbons (Fsp3) is 0.0769. The van der Waals surface area contributed by atoms with Crippen LogP contribution in [0.3, 0.4) is 0 Å². The van der Waals surface area contributed by atoms with Crippen LogP contribution in [0.25, 0.3) is 10.4 Å². The van der Waals surface area contributed by atoms with Gasteiger partial charge in [-0.2, -0.15) is 0 Å². The molecular formula is C13H9Cl2N3O. The first-order chi connectivity index (χ1) is 9.19. The molecule has 4 nitrogen and oxygen atoms in total. The van der Waals surface area contributed by atoms with Gasteiger partial charge in [0.25, 0.3) is 0 Å². The van der Waals surface area contributed by atoms with E-state index in [9.17, 15) is 0 Å². The number of nitrogens with zero attached hydrogens (tertiary/aromatic N) is 3. The topological polar surface area (TPSA) is 58.0 Å². The van der Waals surface area contributed by atoms with Crippen LogP contribution in [0.15, 0.2) is 47.6 Å². The molecule has 6 heteroatoms. The minimum atomic E-state index is 0.344. The Morgan fingerprint density at radius 2 is 1.84 bits per heavy atom. The second-order valence-corrected chi connectivity index (χ2v) is 4.55. The summed E-state index contributed by atoms with van der Waals surface area (Å²) in [6.45, 7) is 0.344. The van der Waals surface area contributed by atoms with Gasteiger partial charge in [-0.3, -0.25) is 0 Å². The molecule has 19 heavy (non-hydrogen) atoms. The summed E-state index contributed by atoms with van der Waals surface area (Å²) >= 11 is 11.9. The van der Waals surface area contributed by atoms with E-state index in [-0.39, 0.29) is 0 Å². The van der Waals surface area contributed by atoms with Crippen molar-refractivity contribution in [1.29, 1.82) is 0 Å². The molecule has 0 atom stereocenters. The number of rotatable bonds is 4. The Labute approximate surface area is 120 Å². The molecule has 0 amide bonds. The average molecular weight is 294 g/mol. The molecule has 0 heterocycles. The lowest BCUT2D eigenvalue weighted by Gasteiger charge is -2.08. The van der Waals surface area contributed by atoms with Gasteiger partial charge in [-0.15, -0.1) is 0 Å². The highest BCUT2D eigenvalue weighted by Crippen LogP contribution is 2.23. The molecule has 2 rings (SSSR count). The zero-order valence-corrected chi connectivity index (χ0v) is 11.3. The van der Waals surface area contributed by atoms with Crippen molar-refractivity contribution < 1.29 is 4.74 Å². The van der Waals surface area contributed by atoms with Crippen LogP contribution in [0.2, 0.25) is 10.0 Å². The van der Waals surface area contributed by atoms with Gasteiger partial charge in [-0.25, -0.2) is 0 Å². The molecule has 0 saturated carbocycles. The number of halogens is 2. The SMILES string of the molecule is [N-]=[N+]=Nc1ccc(OCc2ccc(Cl)cc2Cl)cc1. The van der Waals surface area contributed by atoms with Crippen molar-refractivity contribution in [2.45, 2.75) is 6.61 Å². The first-order valence-electron chi connectivity index (χ1n) is 5.41. The molecule has 0 fully saturated rings. The maximum Gasteiger partial charge on any atom is 0.119 e. The molecule has 2 aromatic carbocycles. The van der Waals surface area contributed by atoms with E-state index in [1.54, 1.807) is 36.4 Å². The van der Waals surface area contributed by atoms with E-state index >= 15 is 0 Å². The quantitative estimate of drug-likeness (QED) is 0.416. The van der Waals surface area contributed by atoms with Crippen molar-refractivity contribution in [1.82, 2.24) is 0 Å². The van der Waals surface area contributed by atoms with Gasteiger partial charge in [-0.05, 0) is 41.9 Å². The predicted octanol–water partition coefficient (Wildman–Crippen LogP) is 5.51. The summed E-state index contributed by atoms with van der Waals surface area (Å²) in [6, 6.07) is 12.1. The third-order valence-electron chi connectivity index (χ3n) is 2.41. The number of ether oxygens (including phenoxy) is 1. The summed E-state index contributed by atoms with van der Waals surface area (Å²) in [5.74, 6) is 0.669. The van der Waals surface area contributed by atoms with Gasteiger partial charge in [0.1, 0.15) is 12.4 Å². The first kappa shape index (κ1) is 13.6. The lowest BCUT2D eigenvalue weighted by molar-refractivity contribution is 0.306. The van der Waals surface area contributed by atoms with E-state index < -0.39 is 0 Å². The van der Waals surface area contributed by atoms with E-state index in [1.165, 1.54) is 0 Å². The van der Waals surface area contributed by atoms with Gasteiger partial charge in [0, 0.05) is 26.2 Å². The predicted molar refractivity (Wildman–Crippen MR) is 76.0 cm³/mol. The summed E-state index contributed by atoms with van der Waals surface area (Å²) in [5, 5.41) is 4.64. The van der Waals surface area contributed by atoms with Gasteiger partial charge in [0.2, 0.25) is 0 Å². The van der Waals surface area contributed by atoms with Crippen molar-refractivity contribution >= 4 is 28.9 Å². The van der Waals surface area contributed by atoms with E-state index in [0.717, 1.165) is 5.56 Å². The van der Waals surface area contributed by atoms with Crippen LogP contribution in [-0.2, 0) is 6.61 Å². The highest BCUT2D eigenvalue weighted by molar-refractivity contribution is 6.35. The highest BCUT2D eigenvalue weighted by Gasteiger charge is 2.02. The third-order valence-corrected chi connectivity index (χ3v) is 2.99. The van der Waals surface area contributed by atoms with E-state index in [2.05, 4.69) is 10.0 Å². The summed E-state index contributed by atoms with van der Waals surface area (Å²) in [6.07, 6.45) is 0. The molecule has 0 spiro atoms. The maximum absolute atomic E-state index is 8.30. The van der Waals surface area contributed by atoms with Gasteiger partial charge < -0.3 is 4.74 Å². The molecule has 0 aliphatic carbocycles. The molecule has 2 aromatic rings. The molecule has 0 unspecified atom stereocenters. The average Bonchev–Trinajstić information content (AvgIpc) is 2.40. The summed E-state index contributed by atoms with van der Waals surface area (Å²) in [7, 11) is 0. The van der Waals surface area contributed by atoms with Crippen LogP contribution in [0.1, 0.15) is 5.56 Å². The van der Waals surface area contributed by atoms with Crippen LogP contribution in [0, 0.1) is 0 Å². The second-order valence-electron chi connectivity index (χ2n) is 3.71. The van der Waals surface area contributed by atoms with Crippen LogP contribution >= 0.6 is 23.2 Å². The fourth-order valence-electron chi connectivity index (χ4n) is 1.46. The summed E-state index contributed by atoms with van der Waals surface area (Å²) < 4.78 is 5.58. The molecule has 0 aliphatic heterocycles. The molecule has 0 bridgehead atoms. The van der Waals surface area contributed by atoms with Crippen molar-refractivity contribution in [3.63, 3.8) is 0 Å². The van der Waals surface area contributed by atoms with Crippen LogP contribution in [-0.4, -0.2) is 0 Å². The van der Waals surface area contributed by atoms with Gasteiger partial charge in [0.15, 0.2) is 0 Å². The highest BCUT2D eigenvalue weighted by atomic mass is 35.5. The summed E-state index contributed by atoms with van der Waals surface area (Å²) in [4.78, 5) is 2.70. The molecule has 0 aliphatic rings. The lowest BCUT2D eigenvalue weighted by atomic mass is 10.2. The third kappa shape index (κ3) is 3.80. The normalized spacial score (nSPS) is 9.79. The molecule has 0 radical (unpaired) electrons. The Balaban J connectivity index is 2.03. The number of hydrogen-bond acceptors (Lipinski definition) is 2. The van der Waals surface area contributed by atoms with Crippen molar-refractivity contribution in [3.05, 3.63) is 68.5 Å². The number of hydrogen-bond donors (Lipinski definition) is 0. The molecule has 0 aromatic heterocycles. The Morgan fingerprint density at radius 3 is 2.47 bits per heavy atom. The minimum Gasteiger partial charge on any atom is -0.489 e. The van der Waals surface area contributed by atoms with E-state index in [1.807, 2.05) is 6.07 Å². The standard InChI is InChI=1S/C13H9Cl2N3O/c14-10-2-1-9(13(15)7-10)8-19-12-5-3-11(4-6-12)17-18-16/h1-7H,8H2. The van der Waals surface area contributed by atoms with Gasteiger partial charge in [-0.1, -0.05) is 34.4 Å². The maximum atomic E-state index is 8.30. The summed E-state index contributed by atoms with van der Waals surface area (Å²) in [5.41, 5.74) is 9.69. The van der Waals surface area contributed by atoms with Crippen LogP contribution in [0.4, 0.5) is 5.69 Å². The number of benzene rings is 2. The molecule has 0 saturated heterocycles. The van der Waals surface area contributed by atoms with Crippen LogP contribution in [0.5, 0.6) is 5.75 Å². The van der Waals surface area contributed by atoms with E-state index in [0.29, 0.717) is 28.1 Å². The van der Waals surface area contributed by atoms with Gasteiger partial charge in [0.05, 0.1) is 0 Å². The van der Waals surface area contributed by atoms with Crippen molar-refractivity contribution in [2.75, 3.05) is 0 Å². The Bertz CT molecular complexity index is 622. The van der Waals surface area contributed by atoms with E-state index in [4.69, 9.17) is 33.5 Å². The zero-order chi connectivity index (χ0) is 13.7. The Morgan fingerprint density at radius 1 is 1.11 bits per heavy atom. The zero-order valence-electron chi connectivity index (χ0n) is 9.75. The molecule has 0 N–H and O–H groups in total. The second kappa shape index (κ2) is 6.34. The van der Waals surface area contributed by atoms with Crippen molar-refractivity contribution in [2.24, 2.45) is 5.11 Å². The fourth-order valence-corrected chi connectivity index (χ4v) is 1.92. The minimum absolute atomic E-state index is 0.344. The Hall–Kier alpha value is -1.87. The monoisotopic (exact) mass is 293 g/mol.